The fraction of sp³-hybridized carbons (Fsp3) is 0.111. The molecular weight excluding hydrogens is 214 g/mol. The Kier molecular flexibility index (Phi) is 3.96. The van der Waals surface area contributed by atoms with Gasteiger partial charge in [0, 0.05) is 17.7 Å². The number of nitrogens with two attached hydrogens (primary N) is 1. The van der Waals surface area contributed by atoms with Crippen molar-refractivity contribution < 1.29 is 14.6 Å². The summed E-state index contributed by atoms with van der Waals surface area (Å²) in [6.45, 7) is -0.328. The van der Waals surface area contributed by atoms with E-state index in [9.17, 15) is 14.9 Å². The van der Waals surface area contributed by atoms with Gasteiger partial charge in [0.05, 0.1) is 11.1 Å². The van der Waals surface area contributed by atoms with Crippen LogP contribution in [0.4, 0.5) is 5.69 Å². The summed E-state index contributed by atoms with van der Waals surface area (Å²) >= 11 is 0. The number of hydrogen-bond donors (Lipinski definition) is 1. The van der Waals surface area contributed by atoms with Gasteiger partial charge < -0.3 is 10.6 Å². The monoisotopic (exact) mass is 223 g/mol. The van der Waals surface area contributed by atoms with Crippen LogP contribution in [0.5, 0.6) is 0 Å². The van der Waals surface area contributed by atoms with Gasteiger partial charge in [-0.1, -0.05) is 17.3 Å². The van der Waals surface area contributed by atoms with Gasteiger partial charge in [0.25, 0.3) is 11.6 Å². The van der Waals surface area contributed by atoms with Gasteiger partial charge in [-0.2, -0.15) is 0 Å². The van der Waals surface area contributed by atoms with E-state index in [0.717, 1.165) is 0 Å². The Hall–Kier alpha value is -2.44. The zero-order valence-electron chi connectivity index (χ0n) is 8.20. The quantitative estimate of drug-likeness (QED) is 0.443. The van der Waals surface area contributed by atoms with E-state index in [1.54, 1.807) is 6.07 Å². The maximum atomic E-state index is 10.4. The third-order valence-corrected chi connectivity index (χ3v) is 1.56. The normalized spacial score (nSPS) is 10.2. The van der Waals surface area contributed by atoms with Gasteiger partial charge in [0.2, 0.25) is 0 Å². The molecular formula is C9H9N3O4. The first-order valence-electron chi connectivity index (χ1n) is 4.27. The number of nitrogens with zero attached hydrogens (tertiary/aromatic N) is 2. The van der Waals surface area contributed by atoms with Crippen molar-refractivity contribution in [2.24, 2.45) is 10.9 Å². The minimum absolute atomic E-state index is 0.0427. The molecule has 0 aliphatic carbocycles. The fourth-order valence-corrected chi connectivity index (χ4v) is 0.918. The molecule has 0 saturated carbocycles. The zero-order valence-corrected chi connectivity index (χ0v) is 8.20. The average Bonchev–Trinajstić information content (AvgIpc) is 2.24. The van der Waals surface area contributed by atoms with Crippen molar-refractivity contribution in [2.75, 3.05) is 6.61 Å². The SMILES string of the molecule is NC(=O)CO/N=C/c1cccc([N+](=O)[O-])c1. The van der Waals surface area contributed by atoms with Crippen LogP contribution >= 0.6 is 0 Å². The molecule has 84 valence electrons. The fourth-order valence-electron chi connectivity index (χ4n) is 0.918. The highest BCUT2D eigenvalue weighted by Crippen LogP contribution is 2.11. The van der Waals surface area contributed by atoms with Crippen molar-refractivity contribution in [2.45, 2.75) is 0 Å². The van der Waals surface area contributed by atoms with Gasteiger partial charge >= 0.3 is 0 Å². The molecule has 0 bridgehead atoms. The molecule has 0 radical (unpaired) electrons. The maximum absolute atomic E-state index is 10.4. The number of benzene rings is 1. The number of nitro groups is 1. The Morgan fingerprint density at radius 3 is 3.00 bits per heavy atom. The van der Waals surface area contributed by atoms with E-state index in [0.29, 0.717) is 5.56 Å². The molecule has 1 aromatic carbocycles. The maximum Gasteiger partial charge on any atom is 0.270 e. The summed E-state index contributed by atoms with van der Waals surface area (Å²) < 4.78 is 0. The lowest BCUT2D eigenvalue weighted by molar-refractivity contribution is -0.384. The molecule has 0 heterocycles. The van der Waals surface area contributed by atoms with Crippen LogP contribution in [0, 0.1) is 10.1 Å². The van der Waals surface area contributed by atoms with Crippen LogP contribution in [0.1, 0.15) is 5.56 Å². The molecule has 0 fully saturated rings. The second-order valence-corrected chi connectivity index (χ2v) is 2.83. The van der Waals surface area contributed by atoms with Gasteiger partial charge in [-0.3, -0.25) is 14.9 Å². The van der Waals surface area contributed by atoms with Crippen molar-refractivity contribution in [3.05, 3.63) is 39.9 Å². The number of rotatable bonds is 5. The van der Waals surface area contributed by atoms with Crippen LogP contribution in [-0.2, 0) is 9.63 Å². The van der Waals surface area contributed by atoms with E-state index >= 15 is 0 Å². The Balaban J connectivity index is 2.63. The minimum atomic E-state index is -0.642. The molecule has 0 unspecified atom stereocenters. The molecule has 1 rings (SSSR count). The number of primary amides is 1. The molecule has 0 aromatic heterocycles. The number of hydrogen-bond acceptors (Lipinski definition) is 5. The highest BCUT2D eigenvalue weighted by atomic mass is 16.6. The number of nitro benzene ring substituents is 1. The lowest BCUT2D eigenvalue weighted by Gasteiger charge is -1.95. The smallest absolute Gasteiger partial charge is 0.270 e. The third-order valence-electron chi connectivity index (χ3n) is 1.56. The van der Waals surface area contributed by atoms with E-state index in [2.05, 4.69) is 9.99 Å². The van der Waals surface area contributed by atoms with Crippen molar-refractivity contribution in [1.82, 2.24) is 0 Å². The molecule has 0 aliphatic rings. The predicted octanol–water partition coefficient (Wildman–Crippen LogP) is 0.431. The zero-order chi connectivity index (χ0) is 12.0. The van der Waals surface area contributed by atoms with Gasteiger partial charge in [0.1, 0.15) is 0 Å². The van der Waals surface area contributed by atoms with Crippen LogP contribution in [0.2, 0.25) is 0 Å². The summed E-state index contributed by atoms with van der Waals surface area (Å²) in [6, 6.07) is 5.83. The molecule has 1 aromatic rings. The van der Waals surface area contributed by atoms with E-state index in [1.165, 1.54) is 24.4 Å². The van der Waals surface area contributed by atoms with Crippen LogP contribution in [0.15, 0.2) is 29.4 Å². The minimum Gasteiger partial charge on any atom is -0.386 e. The Morgan fingerprint density at radius 2 is 2.38 bits per heavy atom. The molecule has 7 heteroatoms. The molecule has 1 amide bonds. The Morgan fingerprint density at radius 1 is 1.62 bits per heavy atom. The highest BCUT2D eigenvalue weighted by molar-refractivity contribution is 5.80. The number of carbonyl (C=O) groups excluding carboxylic acids is 1. The number of amides is 1. The predicted molar refractivity (Wildman–Crippen MR) is 55.8 cm³/mol. The topological polar surface area (TPSA) is 108 Å². The van der Waals surface area contributed by atoms with E-state index in [1.807, 2.05) is 0 Å². The van der Waals surface area contributed by atoms with Crippen molar-refractivity contribution in [1.29, 1.82) is 0 Å². The summed E-state index contributed by atoms with van der Waals surface area (Å²) in [7, 11) is 0. The summed E-state index contributed by atoms with van der Waals surface area (Å²) in [5.41, 5.74) is 5.26. The van der Waals surface area contributed by atoms with E-state index < -0.39 is 10.8 Å². The molecule has 0 aliphatic heterocycles. The van der Waals surface area contributed by atoms with Crippen LogP contribution < -0.4 is 5.73 Å². The van der Waals surface area contributed by atoms with Crippen LogP contribution in [0.3, 0.4) is 0 Å². The second-order valence-electron chi connectivity index (χ2n) is 2.83. The van der Waals surface area contributed by atoms with E-state index in [-0.39, 0.29) is 12.3 Å². The summed E-state index contributed by atoms with van der Waals surface area (Å²) in [5.74, 6) is -0.642. The first-order chi connectivity index (χ1) is 7.59. The standard InChI is InChI=1S/C9H9N3O4/c10-9(13)6-16-11-5-7-2-1-3-8(4-7)12(14)15/h1-5H,6H2,(H2,10,13)/b11-5+. The number of carbonyl (C=O) groups is 1. The third kappa shape index (κ3) is 3.74. The van der Waals surface area contributed by atoms with Gasteiger partial charge in [0.15, 0.2) is 6.61 Å². The molecule has 0 atom stereocenters. The van der Waals surface area contributed by atoms with Crippen LogP contribution in [-0.4, -0.2) is 23.7 Å². The lowest BCUT2D eigenvalue weighted by Crippen LogP contribution is -2.16. The van der Waals surface area contributed by atoms with Gasteiger partial charge in [-0.15, -0.1) is 0 Å². The Labute approximate surface area is 90.6 Å². The molecule has 7 nitrogen and oxygen atoms in total. The summed E-state index contributed by atoms with van der Waals surface area (Å²) in [6.07, 6.45) is 1.26. The Bertz CT molecular complexity index is 431. The second kappa shape index (κ2) is 5.44. The van der Waals surface area contributed by atoms with E-state index in [4.69, 9.17) is 5.73 Å². The molecule has 2 N–H and O–H groups in total. The van der Waals surface area contributed by atoms with Gasteiger partial charge in [-0.05, 0) is 0 Å². The largest absolute Gasteiger partial charge is 0.386 e. The van der Waals surface area contributed by atoms with Crippen molar-refractivity contribution >= 4 is 17.8 Å². The molecule has 0 saturated heterocycles. The summed E-state index contributed by atoms with van der Waals surface area (Å²) in [5, 5.41) is 13.9. The van der Waals surface area contributed by atoms with Crippen LogP contribution in [0.25, 0.3) is 0 Å². The molecule has 0 spiro atoms. The first kappa shape index (κ1) is 11.6. The van der Waals surface area contributed by atoms with Crippen molar-refractivity contribution in [3.8, 4) is 0 Å². The summed E-state index contributed by atoms with van der Waals surface area (Å²) in [4.78, 5) is 24.7. The average molecular weight is 223 g/mol. The number of oxime groups is 1. The highest BCUT2D eigenvalue weighted by Gasteiger charge is 2.03. The molecule has 16 heavy (non-hydrogen) atoms. The number of non-ortho nitro benzene ring substituents is 1. The first-order valence-corrected chi connectivity index (χ1v) is 4.27. The van der Waals surface area contributed by atoms with Gasteiger partial charge in [-0.25, -0.2) is 0 Å². The van der Waals surface area contributed by atoms with Crippen molar-refractivity contribution in [3.63, 3.8) is 0 Å². The lowest BCUT2D eigenvalue weighted by atomic mass is 10.2.